The number of carbonyl (C=O) groups is 2. The maximum Gasteiger partial charge on any atom is 0.233 e. The maximum absolute atomic E-state index is 12.0. The molecule has 2 aromatic rings. The molecule has 0 bridgehead atoms. The van der Waals surface area contributed by atoms with Crippen LogP contribution in [0.25, 0.3) is 5.70 Å². The van der Waals surface area contributed by atoms with Crippen LogP contribution in [-0.2, 0) is 17.6 Å². The van der Waals surface area contributed by atoms with Crippen LogP contribution in [-0.4, -0.2) is 11.6 Å². The van der Waals surface area contributed by atoms with Crippen molar-refractivity contribution >= 4 is 23.0 Å². The predicted octanol–water partition coefficient (Wildman–Crippen LogP) is 4.03. The zero-order valence-electron chi connectivity index (χ0n) is 13.3. The number of benzene rings is 2. The Morgan fingerprint density at radius 1 is 0.826 bits per heavy atom. The van der Waals surface area contributed by atoms with E-state index in [1.807, 2.05) is 12.1 Å². The highest BCUT2D eigenvalue weighted by Gasteiger charge is 2.25. The molecule has 2 aromatic carbocycles. The molecule has 3 nitrogen and oxygen atoms in total. The number of ketones is 2. The average molecular weight is 305 g/mol. The number of Topliss-reactive ketones (excluding diaryl/α,β-unsaturated/α-hetero) is 1. The minimum absolute atomic E-state index is 0.439. The molecule has 23 heavy (non-hydrogen) atoms. The van der Waals surface area contributed by atoms with Crippen LogP contribution >= 0.6 is 0 Å². The highest BCUT2D eigenvalue weighted by Crippen LogP contribution is 2.30. The lowest BCUT2D eigenvalue weighted by Crippen LogP contribution is -2.21. The minimum atomic E-state index is -0.474. The number of anilines is 1. The second-order valence-electron chi connectivity index (χ2n) is 5.58. The van der Waals surface area contributed by atoms with Crippen LogP contribution in [0.15, 0.2) is 48.5 Å². The van der Waals surface area contributed by atoms with Crippen molar-refractivity contribution in [3.63, 3.8) is 0 Å². The van der Waals surface area contributed by atoms with Crippen LogP contribution in [0.5, 0.6) is 0 Å². The van der Waals surface area contributed by atoms with E-state index in [9.17, 15) is 9.59 Å². The summed E-state index contributed by atoms with van der Waals surface area (Å²) >= 11 is 0. The first kappa shape index (κ1) is 15.2. The number of para-hydroxylation sites is 1. The Bertz CT molecular complexity index is 796. The highest BCUT2D eigenvalue weighted by molar-refractivity contribution is 6.50. The molecule has 0 heterocycles. The normalized spacial score (nSPS) is 13.6. The van der Waals surface area contributed by atoms with Gasteiger partial charge in [-0.1, -0.05) is 56.3 Å². The van der Waals surface area contributed by atoms with Gasteiger partial charge in [0.1, 0.15) is 0 Å². The quantitative estimate of drug-likeness (QED) is 0.867. The molecule has 3 rings (SSSR count). The summed E-state index contributed by atoms with van der Waals surface area (Å²) < 4.78 is 0. The van der Waals surface area contributed by atoms with Crippen LogP contribution in [0.4, 0.5) is 5.69 Å². The smallest absolute Gasteiger partial charge is 0.233 e. The molecule has 116 valence electrons. The number of nitrogens with one attached hydrogen (secondary N) is 1. The van der Waals surface area contributed by atoms with Gasteiger partial charge in [-0.2, -0.15) is 0 Å². The number of hydrogen-bond donors (Lipinski definition) is 1. The largest absolute Gasteiger partial charge is 0.354 e. The number of allylic oxidation sites excluding steroid dienone is 1. The third-order valence-corrected chi connectivity index (χ3v) is 4.22. The Labute approximate surface area is 136 Å². The Morgan fingerprint density at radius 3 is 2.04 bits per heavy atom. The standard InChI is InChI=1S/C20H19NO2/c1-3-13-8-7-9-14(4-2)19(13)21-17-12-18(22)20(23)16-11-6-5-10-15(16)17/h5-12,21H,3-4H2,1-2H3. The molecule has 3 heteroatoms. The van der Waals surface area contributed by atoms with E-state index in [1.165, 1.54) is 17.2 Å². The summed E-state index contributed by atoms with van der Waals surface area (Å²) in [7, 11) is 0. The SMILES string of the molecule is CCc1cccc(CC)c1NC1=CC(=O)C(=O)c2ccccc21. The zero-order chi connectivity index (χ0) is 16.4. The van der Waals surface area contributed by atoms with Crippen molar-refractivity contribution in [1.82, 2.24) is 0 Å². The van der Waals surface area contributed by atoms with E-state index in [2.05, 4.69) is 37.4 Å². The Morgan fingerprint density at radius 2 is 1.43 bits per heavy atom. The van der Waals surface area contributed by atoms with Crippen molar-refractivity contribution in [3.05, 3.63) is 70.8 Å². The molecule has 0 unspecified atom stereocenters. The second-order valence-corrected chi connectivity index (χ2v) is 5.58. The van der Waals surface area contributed by atoms with Crippen LogP contribution in [0.3, 0.4) is 0 Å². The number of carbonyl (C=O) groups excluding carboxylic acids is 2. The van der Waals surface area contributed by atoms with Crippen molar-refractivity contribution < 1.29 is 9.59 Å². The number of hydrogen-bond acceptors (Lipinski definition) is 3. The maximum atomic E-state index is 12.0. The molecule has 0 aliphatic heterocycles. The summed E-state index contributed by atoms with van der Waals surface area (Å²) in [6.07, 6.45) is 3.21. The van der Waals surface area contributed by atoms with E-state index in [-0.39, 0.29) is 0 Å². The zero-order valence-corrected chi connectivity index (χ0v) is 13.3. The lowest BCUT2D eigenvalue weighted by molar-refractivity contribution is -0.111. The van der Waals surface area contributed by atoms with Crippen molar-refractivity contribution in [3.8, 4) is 0 Å². The summed E-state index contributed by atoms with van der Waals surface area (Å²) in [5.41, 5.74) is 5.39. The molecule has 0 fully saturated rings. The predicted molar refractivity (Wildman–Crippen MR) is 92.6 cm³/mol. The first-order valence-corrected chi connectivity index (χ1v) is 7.93. The van der Waals surface area contributed by atoms with Crippen molar-refractivity contribution in [2.24, 2.45) is 0 Å². The third-order valence-electron chi connectivity index (χ3n) is 4.22. The summed E-state index contributed by atoms with van der Waals surface area (Å²) in [6, 6.07) is 13.5. The molecule has 0 spiro atoms. The van der Waals surface area contributed by atoms with Gasteiger partial charge >= 0.3 is 0 Å². The van der Waals surface area contributed by atoms with E-state index in [4.69, 9.17) is 0 Å². The van der Waals surface area contributed by atoms with Crippen LogP contribution < -0.4 is 5.32 Å². The summed E-state index contributed by atoms with van der Waals surface area (Å²) in [5, 5.41) is 3.42. The molecule has 0 radical (unpaired) electrons. The van der Waals surface area contributed by atoms with E-state index < -0.39 is 11.6 Å². The molecular formula is C20H19NO2. The topological polar surface area (TPSA) is 46.2 Å². The number of fused-ring (bicyclic) bond motifs is 1. The first-order valence-electron chi connectivity index (χ1n) is 7.93. The lowest BCUT2D eigenvalue weighted by Gasteiger charge is -2.21. The molecule has 0 aromatic heterocycles. The fourth-order valence-corrected chi connectivity index (χ4v) is 2.96. The Balaban J connectivity index is 2.09. The summed E-state index contributed by atoms with van der Waals surface area (Å²) in [4.78, 5) is 24.0. The van der Waals surface area contributed by atoms with Gasteiger partial charge in [0, 0.05) is 22.9 Å². The Kier molecular flexibility index (Phi) is 4.11. The van der Waals surface area contributed by atoms with Crippen LogP contribution in [0.2, 0.25) is 0 Å². The average Bonchev–Trinajstić information content (AvgIpc) is 2.59. The van der Waals surface area contributed by atoms with E-state index in [0.29, 0.717) is 11.3 Å². The first-order chi connectivity index (χ1) is 11.2. The van der Waals surface area contributed by atoms with Gasteiger partial charge in [-0.25, -0.2) is 0 Å². The third kappa shape index (κ3) is 2.70. The Hall–Kier alpha value is -2.68. The van der Waals surface area contributed by atoms with E-state index in [0.717, 1.165) is 24.1 Å². The van der Waals surface area contributed by atoms with Gasteiger partial charge < -0.3 is 5.32 Å². The molecule has 0 atom stereocenters. The summed E-state index contributed by atoms with van der Waals surface area (Å²) in [6.45, 7) is 4.22. The lowest BCUT2D eigenvalue weighted by atomic mass is 9.92. The van der Waals surface area contributed by atoms with Crippen molar-refractivity contribution in [2.45, 2.75) is 26.7 Å². The van der Waals surface area contributed by atoms with Crippen LogP contribution in [0.1, 0.15) is 40.9 Å². The molecule has 1 aliphatic rings. The van der Waals surface area contributed by atoms with Crippen LogP contribution in [0, 0.1) is 0 Å². The van der Waals surface area contributed by atoms with E-state index in [1.54, 1.807) is 12.1 Å². The van der Waals surface area contributed by atoms with Gasteiger partial charge in [-0.3, -0.25) is 9.59 Å². The summed E-state index contributed by atoms with van der Waals surface area (Å²) in [5.74, 6) is -0.913. The van der Waals surface area contributed by atoms with Gasteiger partial charge in [0.2, 0.25) is 11.6 Å². The highest BCUT2D eigenvalue weighted by atomic mass is 16.2. The molecule has 0 amide bonds. The van der Waals surface area contributed by atoms with E-state index >= 15 is 0 Å². The number of rotatable bonds is 4. The van der Waals surface area contributed by atoms with Gasteiger partial charge in [0.15, 0.2) is 0 Å². The fraction of sp³-hybridized carbons (Fsp3) is 0.200. The fourth-order valence-electron chi connectivity index (χ4n) is 2.96. The van der Waals surface area contributed by atoms with Gasteiger partial charge in [0.25, 0.3) is 0 Å². The molecule has 1 N–H and O–H groups in total. The second kappa shape index (κ2) is 6.21. The van der Waals surface area contributed by atoms with Gasteiger partial charge in [-0.15, -0.1) is 0 Å². The molecule has 0 saturated carbocycles. The monoisotopic (exact) mass is 305 g/mol. The molecule has 1 aliphatic carbocycles. The number of aryl methyl sites for hydroxylation is 2. The van der Waals surface area contributed by atoms with Crippen molar-refractivity contribution in [2.75, 3.05) is 5.32 Å². The molecular weight excluding hydrogens is 286 g/mol. The van der Waals surface area contributed by atoms with Crippen molar-refractivity contribution in [1.29, 1.82) is 0 Å². The van der Waals surface area contributed by atoms with Gasteiger partial charge in [-0.05, 0) is 24.0 Å². The minimum Gasteiger partial charge on any atom is -0.354 e. The molecule has 0 saturated heterocycles. The van der Waals surface area contributed by atoms with Gasteiger partial charge in [0.05, 0.1) is 5.70 Å².